The molecule has 0 radical (unpaired) electrons. The number of benzene rings is 1. The van der Waals surface area contributed by atoms with Crippen LogP contribution in [0.1, 0.15) is 34.0 Å². The van der Waals surface area contributed by atoms with Gasteiger partial charge in [0.25, 0.3) is 0 Å². The molecule has 104 valence electrons. The van der Waals surface area contributed by atoms with Crippen LogP contribution in [0.2, 0.25) is 5.02 Å². The summed E-state index contributed by atoms with van der Waals surface area (Å²) in [5, 5.41) is 10.8. The van der Waals surface area contributed by atoms with Gasteiger partial charge in [-0.05, 0) is 48.1 Å². The number of aromatic nitrogens is 1. The minimum Gasteiger partial charge on any atom is -0.477 e. The van der Waals surface area contributed by atoms with Gasteiger partial charge < -0.3 is 10.1 Å². The van der Waals surface area contributed by atoms with Gasteiger partial charge >= 0.3 is 5.97 Å². The summed E-state index contributed by atoms with van der Waals surface area (Å²) >= 11 is 7.59. The minimum absolute atomic E-state index is 0.290. The van der Waals surface area contributed by atoms with Gasteiger partial charge in [0, 0.05) is 10.8 Å². The number of hydrogen-bond donors (Lipinski definition) is 2. The number of thioether (sulfide) groups is 1. The van der Waals surface area contributed by atoms with Gasteiger partial charge in [0.05, 0.1) is 5.03 Å². The second-order valence-electron chi connectivity index (χ2n) is 4.95. The first-order chi connectivity index (χ1) is 9.63. The van der Waals surface area contributed by atoms with Crippen molar-refractivity contribution < 1.29 is 9.90 Å². The fourth-order valence-electron chi connectivity index (χ4n) is 2.49. The van der Waals surface area contributed by atoms with Crippen molar-refractivity contribution in [2.45, 2.75) is 23.8 Å². The van der Waals surface area contributed by atoms with Crippen LogP contribution in [-0.2, 0) is 6.42 Å². The molecule has 1 aromatic carbocycles. The number of hydrogen-bond acceptors (Lipinski definition) is 2. The molecule has 0 aliphatic carbocycles. The molecule has 1 aliphatic heterocycles. The van der Waals surface area contributed by atoms with Gasteiger partial charge in [0.15, 0.2) is 0 Å². The Bertz CT molecular complexity index is 636. The molecule has 3 nitrogen and oxygen atoms in total. The van der Waals surface area contributed by atoms with Gasteiger partial charge in [0.2, 0.25) is 0 Å². The van der Waals surface area contributed by atoms with E-state index in [0.717, 1.165) is 34.2 Å². The maximum Gasteiger partial charge on any atom is 0.352 e. The average Bonchev–Trinajstić information content (AvgIpc) is 2.99. The van der Waals surface area contributed by atoms with Gasteiger partial charge in [-0.1, -0.05) is 23.7 Å². The first-order valence-electron chi connectivity index (χ1n) is 6.47. The molecule has 5 heteroatoms. The molecular formula is C15H14ClNO2S. The fourth-order valence-corrected chi connectivity index (χ4v) is 3.91. The zero-order valence-corrected chi connectivity index (χ0v) is 12.3. The van der Waals surface area contributed by atoms with Crippen molar-refractivity contribution in [1.29, 1.82) is 0 Å². The van der Waals surface area contributed by atoms with E-state index in [9.17, 15) is 4.79 Å². The largest absolute Gasteiger partial charge is 0.477 e. The first kappa shape index (κ1) is 13.6. The molecule has 1 aromatic heterocycles. The van der Waals surface area contributed by atoms with E-state index in [0.29, 0.717) is 11.6 Å². The predicted octanol–water partition coefficient (Wildman–Crippen LogP) is 4.19. The highest BCUT2D eigenvalue weighted by molar-refractivity contribution is 7.99. The summed E-state index contributed by atoms with van der Waals surface area (Å²) in [4.78, 5) is 13.9. The number of aromatic carboxylic acids is 1. The SMILES string of the molecule is O=C(O)c1cc2c([nH]1)SCC2CCc1ccc(Cl)cc1. The first-order valence-corrected chi connectivity index (χ1v) is 7.83. The predicted molar refractivity (Wildman–Crippen MR) is 81.0 cm³/mol. The molecule has 1 unspecified atom stereocenters. The smallest absolute Gasteiger partial charge is 0.352 e. The van der Waals surface area contributed by atoms with E-state index in [4.69, 9.17) is 16.7 Å². The lowest BCUT2D eigenvalue weighted by atomic mass is 9.96. The summed E-state index contributed by atoms with van der Waals surface area (Å²) in [6.45, 7) is 0. The third-order valence-electron chi connectivity index (χ3n) is 3.60. The number of carboxylic acids is 1. The van der Waals surface area contributed by atoms with Crippen LogP contribution in [0, 0.1) is 0 Å². The number of fused-ring (bicyclic) bond motifs is 1. The second-order valence-corrected chi connectivity index (χ2v) is 6.41. The lowest BCUT2D eigenvalue weighted by molar-refractivity contribution is 0.0690. The molecule has 1 atom stereocenters. The van der Waals surface area contributed by atoms with Crippen LogP contribution in [0.25, 0.3) is 0 Å². The number of H-pyrrole nitrogens is 1. The van der Waals surface area contributed by atoms with E-state index >= 15 is 0 Å². The Morgan fingerprint density at radius 3 is 2.85 bits per heavy atom. The van der Waals surface area contributed by atoms with Crippen molar-refractivity contribution >= 4 is 29.3 Å². The fraction of sp³-hybridized carbons (Fsp3) is 0.267. The van der Waals surface area contributed by atoms with E-state index in [1.165, 1.54) is 5.56 Å². The number of carboxylic acid groups (broad SMARTS) is 1. The summed E-state index contributed by atoms with van der Waals surface area (Å²) in [6, 6.07) is 9.69. The summed E-state index contributed by atoms with van der Waals surface area (Å²) < 4.78 is 0. The number of aryl methyl sites for hydroxylation is 1. The monoisotopic (exact) mass is 307 g/mol. The topological polar surface area (TPSA) is 53.1 Å². The maximum absolute atomic E-state index is 11.0. The Balaban J connectivity index is 1.68. The molecule has 0 bridgehead atoms. The quantitative estimate of drug-likeness (QED) is 0.890. The molecule has 1 aliphatic rings. The molecule has 2 N–H and O–H groups in total. The van der Waals surface area contributed by atoms with Crippen molar-refractivity contribution in [3.8, 4) is 0 Å². The second kappa shape index (κ2) is 5.54. The molecule has 0 fully saturated rings. The highest BCUT2D eigenvalue weighted by Gasteiger charge is 2.26. The Hall–Kier alpha value is -1.39. The molecule has 0 amide bonds. The zero-order chi connectivity index (χ0) is 14.1. The lowest BCUT2D eigenvalue weighted by Crippen LogP contribution is -2.00. The number of rotatable bonds is 4. The molecule has 0 saturated heterocycles. The number of nitrogens with one attached hydrogen (secondary N) is 1. The summed E-state index contributed by atoms with van der Waals surface area (Å²) in [6.07, 6.45) is 2.01. The summed E-state index contributed by atoms with van der Waals surface area (Å²) in [5.74, 6) is 0.556. The Morgan fingerprint density at radius 2 is 2.15 bits per heavy atom. The van der Waals surface area contributed by atoms with Crippen LogP contribution in [0.15, 0.2) is 35.4 Å². The third kappa shape index (κ3) is 2.72. The lowest BCUT2D eigenvalue weighted by Gasteiger charge is -2.09. The Morgan fingerprint density at radius 1 is 1.40 bits per heavy atom. The van der Waals surface area contributed by atoms with Gasteiger partial charge in [-0.3, -0.25) is 0 Å². The van der Waals surface area contributed by atoms with Crippen molar-refractivity contribution in [1.82, 2.24) is 4.98 Å². The van der Waals surface area contributed by atoms with Gasteiger partial charge in [-0.15, -0.1) is 11.8 Å². The van der Waals surface area contributed by atoms with Crippen molar-refractivity contribution in [3.63, 3.8) is 0 Å². The number of aromatic amines is 1. The molecule has 2 aromatic rings. The third-order valence-corrected chi connectivity index (χ3v) is 5.05. The highest BCUT2D eigenvalue weighted by atomic mass is 35.5. The zero-order valence-electron chi connectivity index (χ0n) is 10.7. The molecule has 3 rings (SSSR count). The van der Waals surface area contributed by atoms with Crippen LogP contribution in [0.4, 0.5) is 0 Å². The number of carbonyl (C=O) groups is 1. The Kier molecular flexibility index (Phi) is 3.76. The molecule has 2 heterocycles. The van der Waals surface area contributed by atoms with Gasteiger partial charge in [-0.2, -0.15) is 0 Å². The maximum atomic E-state index is 11.0. The van der Waals surface area contributed by atoms with Crippen LogP contribution in [0.3, 0.4) is 0 Å². The molecular weight excluding hydrogens is 294 g/mol. The van der Waals surface area contributed by atoms with E-state index in [-0.39, 0.29) is 0 Å². The summed E-state index contributed by atoms with van der Waals surface area (Å²) in [7, 11) is 0. The van der Waals surface area contributed by atoms with Crippen molar-refractivity contribution in [3.05, 3.63) is 52.2 Å². The summed E-state index contributed by atoms with van der Waals surface area (Å²) in [5.41, 5.74) is 2.71. The minimum atomic E-state index is -0.892. The standard InChI is InChI=1S/C15H14ClNO2S/c16-11-5-2-9(3-6-11)1-4-10-8-20-14-12(10)7-13(17-14)15(18)19/h2-3,5-7,10,17H,1,4,8H2,(H,18,19). The van der Waals surface area contributed by atoms with Crippen molar-refractivity contribution in [2.75, 3.05) is 5.75 Å². The van der Waals surface area contributed by atoms with E-state index in [2.05, 4.69) is 4.98 Å². The van der Waals surface area contributed by atoms with Crippen LogP contribution < -0.4 is 0 Å². The molecule has 0 spiro atoms. The Labute approximate surface area is 126 Å². The van der Waals surface area contributed by atoms with E-state index in [1.807, 2.05) is 24.3 Å². The highest BCUT2D eigenvalue weighted by Crippen LogP contribution is 2.41. The molecule has 0 saturated carbocycles. The van der Waals surface area contributed by atoms with Crippen molar-refractivity contribution in [2.24, 2.45) is 0 Å². The van der Waals surface area contributed by atoms with E-state index in [1.54, 1.807) is 17.8 Å². The molecule has 20 heavy (non-hydrogen) atoms. The van der Waals surface area contributed by atoms with Crippen LogP contribution >= 0.6 is 23.4 Å². The van der Waals surface area contributed by atoms with E-state index < -0.39 is 5.97 Å². The van der Waals surface area contributed by atoms with Gasteiger partial charge in [0.1, 0.15) is 5.69 Å². The van der Waals surface area contributed by atoms with Crippen LogP contribution in [0.5, 0.6) is 0 Å². The average molecular weight is 308 g/mol. The number of halogens is 1. The van der Waals surface area contributed by atoms with Crippen LogP contribution in [-0.4, -0.2) is 21.8 Å². The normalized spacial score (nSPS) is 17.1. The van der Waals surface area contributed by atoms with Gasteiger partial charge in [-0.25, -0.2) is 4.79 Å².